The first kappa shape index (κ1) is 45.6. The van der Waals surface area contributed by atoms with Gasteiger partial charge in [0.15, 0.2) is 15.7 Å². The first-order valence-electron chi connectivity index (χ1n) is 13.4. The van der Waals surface area contributed by atoms with Crippen molar-refractivity contribution >= 4 is 86.5 Å². The van der Waals surface area contributed by atoms with Crippen molar-refractivity contribution in [3.63, 3.8) is 0 Å². The molecule has 0 aliphatic rings. The fourth-order valence-electron chi connectivity index (χ4n) is 3.82. The van der Waals surface area contributed by atoms with E-state index in [1.807, 2.05) is 50.2 Å². The Hall–Kier alpha value is -3.38. The molecule has 5 aromatic rings. The van der Waals surface area contributed by atoms with Gasteiger partial charge in [0, 0.05) is 59.4 Å². The molecule has 1 unspecified atom stereocenters. The van der Waals surface area contributed by atoms with Crippen molar-refractivity contribution < 1.29 is 32.2 Å². The Labute approximate surface area is 328 Å². The average Bonchev–Trinajstić information content (AvgIpc) is 3.04. The number of hydrogen-bond donors (Lipinski definition) is 1. The van der Waals surface area contributed by atoms with Gasteiger partial charge in [-0.1, -0.05) is 23.2 Å². The maximum atomic E-state index is 11.1. The molecule has 0 saturated heterocycles. The van der Waals surface area contributed by atoms with Crippen LogP contribution in [0.15, 0.2) is 79.4 Å². The third-order valence-corrected chi connectivity index (χ3v) is 7.36. The van der Waals surface area contributed by atoms with Crippen LogP contribution in [0, 0.1) is 57.7 Å². The molecule has 5 rings (SSSR count). The minimum Gasteiger partial charge on any atom is -1.00 e. The zero-order valence-electron chi connectivity index (χ0n) is 26.6. The van der Waals surface area contributed by atoms with Crippen LogP contribution in [0.25, 0.3) is 0 Å². The van der Waals surface area contributed by atoms with Crippen molar-refractivity contribution in [1.82, 2.24) is 19.9 Å². The van der Waals surface area contributed by atoms with Crippen molar-refractivity contribution in [1.29, 1.82) is 0 Å². The zero-order valence-corrected chi connectivity index (χ0v) is 32.4. The van der Waals surface area contributed by atoms with Gasteiger partial charge in [-0.3, -0.25) is 35.0 Å². The van der Waals surface area contributed by atoms with Gasteiger partial charge in [-0.05, 0) is 73.5 Å². The first-order valence-corrected chi connectivity index (χ1v) is 15.3. The summed E-state index contributed by atoms with van der Waals surface area (Å²) in [6.45, 7) is 7.26. The molecule has 0 radical (unpaired) electrons. The summed E-state index contributed by atoms with van der Waals surface area (Å²) in [6.07, 6.45) is 5.59. The van der Waals surface area contributed by atoms with Crippen LogP contribution in [0.2, 0.25) is 10.0 Å². The van der Waals surface area contributed by atoms with Gasteiger partial charge < -0.3 is 17.5 Å². The van der Waals surface area contributed by atoms with E-state index in [1.54, 1.807) is 54.9 Å². The summed E-state index contributed by atoms with van der Waals surface area (Å²) in [5, 5.41) is 32.2. The van der Waals surface area contributed by atoms with Crippen LogP contribution in [0.3, 0.4) is 0 Å². The van der Waals surface area contributed by atoms with Crippen LogP contribution in [0.1, 0.15) is 50.2 Å². The number of rotatable bonds is 5. The molecule has 0 aliphatic carbocycles. The molecule has 0 bridgehead atoms. The molecule has 252 valence electrons. The van der Waals surface area contributed by atoms with Crippen LogP contribution in [-0.2, 0) is 0 Å². The van der Waals surface area contributed by atoms with Crippen molar-refractivity contribution in [3.05, 3.63) is 159 Å². The molecular formula is C32H28Cl3IMgN6O6. The number of aryl methyl sites for hydroxylation is 4. The summed E-state index contributed by atoms with van der Waals surface area (Å²) in [4.78, 5) is 46.3. The SMILES string of the molecule is Cc1ccnc(C)c1C(O)c1ncc(Cl)cc1[N+](=O)[O-].Cc1ccnc(C)c1C=O.O=[N+]([O-])c1cc(Cl)cnc1I.[Cl-].[Mg+2].[c-]1ccccc1. The second-order valence-electron chi connectivity index (χ2n) is 9.39. The van der Waals surface area contributed by atoms with Gasteiger partial charge >= 0.3 is 28.7 Å². The Bertz CT molecular complexity index is 1780. The number of halogens is 4. The number of nitro groups is 2. The van der Waals surface area contributed by atoms with E-state index in [0.717, 1.165) is 23.1 Å². The van der Waals surface area contributed by atoms with E-state index in [9.17, 15) is 30.1 Å². The van der Waals surface area contributed by atoms with E-state index >= 15 is 0 Å². The van der Waals surface area contributed by atoms with Crippen LogP contribution < -0.4 is 12.4 Å². The largest absolute Gasteiger partial charge is 2.00 e. The van der Waals surface area contributed by atoms with Crippen LogP contribution in [0.4, 0.5) is 11.4 Å². The molecule has 0 spiro atoms. The normalized spacial score (nSPS) is 10.0. The van der Waals surface area contributed by atoms with Gasteiger partial charge in [0.2, 0.25) is 0 Å². The number of benzene rings is 1. The van der Waals surface area contributed by atoms with Crippen molar-refractivity contribution in [2.45, 2.75) is 33.8 Å². The number of hydrogen-bond acceptors (Lipinski definition) is 10. The molecule has 12 nitrogen and oxygen atoms in total. The van der Waals surface area contributed by atoms with Crippen molar-refractivity contribution in [3.8, 4) is 0 Å². The summed E-state index contributed by atoms with van der Waals surface area (Å²) in [5.41, 5.74) is 3.99. The number of aromatic nitrogens is 4. The molecule has 1 N–H and O–H groups in total. The Morgan fingerprint density at radius 1 is 0.837 bits per heavy atom. The molecule has 49 heavy (non-hydrogen) atoms. The third-order valence-electron chi connectivity index (χ3n) is 6.12. The van der Waals surface area contributed by atoms with Crippen LogP contribution in [-0.4, -0.2) is 64.2 Å². The molecule has 4 heterocycles. The molecule has 1 atom stereocenters. The Morgan fingerprint density at radius 2 is 1.35 bits per heavy atom. The smallest absolute Gasteiger partial charge is 1.00 e. The first-order chi connectivity index (χ1) is 22.3. The molecular weight excluding hydrogens is 822 g/mol. The number of aldehydes is 1. The van der Waals surface area contributed by atoms with Gasteiger partial charge in [0.05, 0.1) is 19.9 Å². The van der Waals surface area contributed by atoms with Gasteiger partial charge in [-0.15, -0.1) is 0 Å². The second kappa shape index (κ2) is 23.1. The predicted molar refractivity (Wildman–Crippen MR) is 192 cm³/mol. The van der Waals surface area contributed by atoms with E-state index < -0.39 is 16.0 Å². The summed E-state index contributed by atoms with van der Waals surface area (Å²) in [5.74, 6) is 0. The molecule has 17 heteroatoms. The molecule has 0 amide bonds. The van der Waals surface area contributed by atoms with Gasteiger partial charge in [0.1, 0.15) is 6.10 Å². The van der Waals surface area contributed by atoms with E-state index in [1.165, 1.54) is 24.5 Å². The number of carbonyl (C=O) groups is 1. The number of pyridine rings is 4. The minimum atomic E-state index is -1.22. The maximum Gasteiger partial charge on any atom is 2.00 e. The second-order valence-corrected chi connectivity index (χ2v) is 11.3. The van der Waals surface area contributed by atoms with Crippen molar-refractivity contribution in [2.24, 2.45) is 0 Å². The van der Waals surface area contributed by atoms with E-state index in [4.69, 9.17) is 23.2 Å². The van der Waals surface area contributed by atoms with Crippen LogP contribution >= 0.6 is 45.8 Å². The summed E-state index contributed by atoms with van der Waals surface area (Å²) < 4.78 is 0.344. The average molecular weight is 850 g/mol. The topological polar surface area (TPSA) is 175 Å². The number of carbonyl (C=O) groups excluding carboxylic acids is 1. The Kier molecular flexibility index (Phi) is 21.5. The molecule has 0 saturated carbocycles. The van der Waals surface area contributed by atoms with Gasteiger partial charge in [0.25, 0.3) is 5.69 Å². The van der Waals surface area contributed by atoms with Gasteiger partial charge in [-0.2, -0.15) is 36.4 Å². The summed E-state index contributed by atoms with van der Waals surface area (Å²) >= 11 is 13.0. The van der Waals surface area contributed by atoms with Crippen molar-refractivity contribution in [2.75, 3.05) is 0 Å². The summed E-state index contributed by atoms with van der Waals surface area (Å²) in [6, 6.07) is 18.5. The molecule has 4 aromatic heterocycles. The fourth-order valence-corrected chi connectivity index (χ4v) is 4.61. The Balaban J connectivity index is 0.000000677. The zero-order chi connectivity index (χ0) is 35.1. The number of aliphatic hydroxyl groups excluding tert-OH is 1. The summed E-state index contributed by atoms with van der Waals surface area (Å²) in [7, 11) is 0. The predicted octanol–water partition coefficient (Wildman–Crippen LogP) is 4.61. The molecule has 0 fully saturated rings. The standard InChI is InChI=1S/C13H12ClN3O3.C8H9NO.C6H5.C5H2ClIN2O2.ClH.Mg/c1-7-3-4-15-8(2)11(7)13(18)12-10(17(19)20)5-9(14)6-16-12;1-6-3-4-9-7(2)8(6)5-10;1-2-4-6-5-3-1;6-3-1-4(9(10)11)5(7)8-2-3;;/h3-6,13,18H,1-2H3;3-5H,1-2H3;1-5H;1-2H;1H;/q;;-1;;;+2/p-1. The minimum absolute atomic E-state index is 0. The van der Waals surface area contributed by atoms with E-state index in [2.05, 4.69) is 26.0 Å². The molecule has 1 aromatic carbocycles. The quantitative estimate of drug-likeness (QED) is 0.0501. The molecule has 0 aliphatic heterocycles. The monoisotopic (exact) mass is 848 g/mol. The van der Waals surface area contributed by atoms with E-state index in [-0.39, 0.29) is 62.6 Å². The fraction of sp³-hybridized carbons (Fsp3) is 0.156. The maximum absolute atomic E-state index is 11.1. The number of nitrogens with zero attached hydrogens (tertiary/aromatic N) is 6. The van der Waals surface area contributed by atoms with E-state index in [0.29, 0.717) is 20.5 Å². The van der Waals surface area contributed by atoms with Gasteiger partial charge in [-0.25, -0.2) is 9.97 Å². The third kappa shape index (κ3) is 14.6. The Morgan fingerprint density at radius 3 is 1.76 bits per heavy atom. The van der Waals surface area contributed by atoms with Crippen LogP contribution in [0.5, 0.6) is 0 Å². The number of aliphatic hydroxyl groups is 1.